The number of hydrogen-bond acceptors (Lipinski definition) is 10. The second-order valence-electron chi connectivity index (χ2n) is 10.3. The molecule has 2 aliphatic rings. The van der Waals surface area contributed by atoms with Gasteiger partial charge in [0.2, 0.25) is 15.2 Å². The van der Waals surface area contributed by atoms with Crippen molar-refractivity contribution in [1.29, 1.82) is 0 Å². The van der Waals surface area contributed by atoms with Gasteiger partial charge in [0.1, 0.15) is 11.1 Å². The molecule has 2 aliphatic heterocycles. The molecule has 5 rings (SSSR count). The number of anilines is 1. The number of benzene rings is 1. The van der Waals surface area contributed by atoms with E-state index in [1.807, 2.05) is 19.1 Å². The fourth-order valence-corrected chi connectivity index (χ4v) is 7.89. The van der Waals surface area contributed by atoms with Gasteiger partial charge in [-0.2, -0.15) is 4.31 Å². The number of hydrogen-bond donors (Lipinski definition) is 1. The molecule has 0 atom stereocenters. The minimum absolute atomic E-state index is 0.0455. The average Bonchev–Trinajstić information content (AvgIpc) is 3.48. The molecule has 0 amide bonds. The van der Waals surface area contributed by atoms with Crippen LogP contribution in [0.1, 0.15) is 50.1 Å². The average molecular weight is 564 g/mol. The highest BCUT2D eigenvalue weighted by atomic mass is 32.2. The molecule has 0 unspecified atom stereocenters. The van der Waals surface area contributed by atoms with Gasteiger partial charge in [0.05, 0.1) is 21.6 Å². The number of piperidine rings is 1. The van der Waals surface area contributed by atoms with Crippen LogP contribution in [-0.2, 0) is 10.0 Å². The van der Waals surface area contributed by atoms with E-state index in [4.69, 9.17) is 9.72 Å². The van der Waals surface area contributed by atoms with Gasteiger partial charge in [0.15, 0.2) is 0 Å². The quantitative estimate of drug-likeness (QED) is 0.437. The highest BCUT2D eigenvalue weighted by molar-refractivity contribution is 7.89. The van der Waals surface area contributed by atoms with Crippen LogP contribution in [0.4, 0.5) is 5.13 Å². The molecule has 2 aromatic heterocycles. The predicted octanol–water partition coefficient (Wildman–Crippen LogP) is 4.08. The molecule has 9 nitrogen and oxygen atoms in total. The lowest BCUT2D eigenvalue weighted by Crippen LogP contribution is -2.38. The Bertz CT molecular complexity index is 1380. The number of fused-ring (bicyclic) bond motifs is 1. The third-order valence-corrected chi connectivity index (χ3v) is 10.4. The van der Waals surface area contributed by atoms with Crippen molar-refractivity contribution in [2.45, 2.75) is 58.2 Å². The van der Waals surface area contributed by atoms with Crippen LogP contribution in [0.2, 0.25) is 0 Å². The molecule has 0 aliphatic carbocycles. The molecule has 37 heavy (non-hydrogen) atoms. The first-order valence-corrected chi connectivity index (χ1v) is 15.8. The summed E-state index contributed by atoms with van der Waals surface area (Å²) in [5.41, 5.74) is 2.16. The molecule has 12 heteroatoms. The van der Waals surface area contributed by atoms with E-state index >= 15 is 0 Å². The molecular formula is C25H33N5O4S3. The van der Waals surface area contributed by atoms with E-state index in [1.54, 1.807) is 36.5 Å². The summed E-state index contributed by atoms with van der Waals surface area (Å²) in [4.78, 5) is 6.96. The summed E-state index contributed by atoms with van der Waals surface area (Å²) in [5.74, 6) is -0.0455. The van der Waals surface area contributed by atoms with Crippen LogP contribution < -0.4 is 9.64 Å². The zero-order valence-corrected chi connectivity index (χ0v) is 23.8. The van der Waals surface area contributed by atoms with Crippen molar-refractivity contribution < 1.29 is 18.3 Å². The monoisotopic (exact) mass is 563 g/mol. The van der Waals surface area contributed by atoms with Gasteiger partial charge in [0, 0.05) is 39.0 Å². The van der Waals surface area contributed by atoms with Crippen molar-refractivity contribution in [3.05, 3.63) is 34.8 Å². The summed E-state index contributed by atoms with van der Waals surface area (Å²) in [6.45, 7) is 7.83. The normalized spacial score (nSPS) is 18.4. The van der Waals surface area contributed by atoms with E-state index in [0.29, 0.717) is 24.7 Å². The maximum atomic E-state index is 12.7. The zero-order chi connectivity index (χ0) is 26.2. The molecule has 3 aromatic rings. The lowest BCUT2D eigenvalue weighted by Gasteiger charge is -2.30. The topological polar surface area (TPSA) is 109 Å². The Hall–Kier alpha value is -2.12. The van der Waals surface area contributed by atoms with Crippen LogP contribution in [0.25, 0.3) is 15.8 Å². The number of aryl methyl sites for hydroxylation is 1. The predicted molar refractivity (Wildman–Crippen MR) is 149 cm³/mol. The van der Waals surface area contributed by atoms with Gasteiger partial charge in [-0.05, 0) is 56.9 Å². The third-order valence-electron chi connectivity index (χ3n) is 6.77. The van der Waals surface area contributed by atoms with Crippen LogP contribution >= 0.6 is 22.7 Å². The molecule has 200 valence electrons. The Labute approximate surface area is 225 Å². The first-order valence-electron chi connectivity index (χ1n) is 12.6. The molecule has 1 aromatic carbocycles. The Kier molecular flexibility index (Phi) is 7.56. The van der Waals surface area contributed by atoms with Crippen LogP contribution in [0.3, 0.4) is 0 Å². The fourth-order valence-electron chi connectivity index (χ4n) is 4.55. The van der Waals surface area contributed by atoms with Crippen molar-refractivity contribution in [3.63, 3.8) is 0 Å². The highest BCUT2D eigenvalue weighted by Crippen LogP contribution is 2.34. The van der Waals surface area contributed by atoms with Crippen LogP contribution in [0.5, 0.6) is 5.19 Å². The lowest BCUT2D eigenvalue weighted by atomic mass is 10.0. The van der Waals surface area contributed by atoms with Gasteiger partial charge < -0.3 is 14.7 Å². The number of nitrogens with zero attached hydrogens (tertiary/aromatic N) is 5. The number of ether oxygens (including phenoxy) is 1. The number of aliphatic hydroxyl groups is 1. The lowest BCUT2D eigenvalue weighted by molar-refractivity contribution is 0.0769. The summed E-state index contributed by atoms with van der Waals surface area (Å²) in [6, 6.07) is 6.20. The first kappa shape index (κ1) is 26.5. The molecule has 1 saturated heterocycles. The summed E-state index contributed by atoms with van der Waals surface area (Å²) in [5, 5.41) is 20.9. The minimum Gasteiger partial charge on any atom is -0.467 e. The molecule has 0 radical (unpaired) electrons. The van der Waals surface area contributed by atoms with E-state index < -0.39 is 15.6 Å². The smallest absolute Gasteiger partial charge is 0.274 e. The minimum atomic E-state index is -3.39. The Morgan fingerprint density at radius 2 is 1.95 bits per heavy atom. The van der Waals surface area contributed by atoms with E-state index in [9.17, 15) is 13.5 Å². The largest absolute Gasteiger partial charge is 0.467 e. The van der Waals surface area contributed by atoms with E-state index in [1.165, 1.54) is 4.31 Å². The van der Waals surface area contributed by atoms with Crippen molar-refractivity contribution in [2.75, 3.05) is 36.8 Å². The molecular weight excluding hydrogens is 531 g/mol. The Morgan fingerprint density at radius 1 is 1.16 bits per heavy atom. The first-order chi connectivity index (χ1) is 17.6. The molecule has 1 fully saturated rings. The van der Waals surface area contributed by atoms with E-state index in [-0.39, 0.29) is 18.3 Å². The van der Waals surface area contributed by atoms with Crippen LogP contribution in [-0.4, -0.2) is 76.6 Å². The molecule has 0 bridgehead atoms. The van der Waals surface area contributed by atoms with Crippen LogP contribution in [0, 0.1) is 6.92 Å². The summed E-state index contributed by atoms with van der Waals surface area (Å²) in [7, 11) is -3.39. The number of sulfonamides is 1. The zero-order valence-electron chi connectivity index (χ0n) is 21.4. The van der Waals surface area contributed by atoms with Crippen LogP contribution in [0.15, 0.2) is 24.3 Å². The summed E-state index contributed by atoms with van der Waals surface area (Å²) >= 11 is 3.18. The molecule has 1 N–H and O–H groups in total. The van der Waals surface area contributed by atoms with E-state index in [0.717, 1.165) is 57.4 Å². The maximum absolute atomic E-state index is 12.7. The highest BCUT2D eigenvalue weighted by Gasteiger charge is 2.27. The molecule has 0 spiro atoms. The molecule has 0 saturated carbocycles. The van der Waals surface area contributed by atoms with Crippen molar-refractivity contribution in [3.8, 4) is 5.19 Å². The van der Waals surface area contributed by atoms with Crippen molar-refractivity contribution >= 4 is 53.6 Å². The van der Waals surface area contributed by atoms with E-state index in [2.05, 4.69) is 27.2 Å². The Balaban J connectivity index is 1.19. The van der Waals surface area contributed by atoms with Crippen molar-refractivity contribution in [1.82, 2.24) is 19.5 Å². The van der Waals surface area contributed by atoms with Gasteiger partial charge >= 0.3 is 0 Å². The third kappa shape index (κ3) is 6.48. The van der Waals surface area contributed by atoms with Gasteiger partial charge in [-0.15, -0.1) is 10.2 Å². The van der Waals surface area contributed by atoms with Crippen molar-refractivity contribution in [2.24, 2.45) is 0 Å². The number of aromatic nitrogens is 3. The van der Waals surface area contributed by atoms with Gasteiger partial charge in [-0.25, -0.2) is 13.4 Å². The summed E-state index contributed by atoms with van der Waals surface area (Å²) in [6.07, 6.45) is 4.84. The van der Waals surface area contributed by atoms with Gasteiger partial charge in [-0.1, -0.05) is 34.8 Å². The number of thiazole rings is 1. The maximum Gasteiger partial charge on any atom is 0.274 e. The van der Waals surface area contributed by atoms with Gasteiger partial charge in [0.25, 0.3) is 5.19 Å². The number of rotatable bonds is 8. The standard InChI is InChI=1S/C25H33N5O4S3/c1-17-27-28-23(35-17)29-11-8-20(9-12-29)34-24-26-21-5-4-19(16-22(21)36-24)18-6-13-30(14-7-18)37(32,33)15-10-25(2,3)31/h4-6,16,20,31H,7-15H2,1-3H3. The Morgan fingerprint density at radius 3 is 2.59 bits per heavy atom. The second-order valence-corrected chi connectivity index (χ2v) is 14.5. The summed E-state index contributed by atoms with van der Waals surface area (Å²) < 4.78 is 34.2. The SMILES string of the molecule is Cc1nnc(N2CCC(Oc3nc4ccc(C5=CCN(S(=O)(=O)CCC(C)(C)O)CC5)cc4s3)CC2)s1. The van der Waals surface area contributed by atoms with Gasteiger partial charge in [-0.3, -0.25) is 0 Å². The second kappa shape index (κ2) is 10.6. The molecule has 4 heterocycles. The fraction of sp³-hybridized carbons (Fsp3) is 0.560.